The molecule has 1 amide bonds. The summed E-state index contributed by atoms with van der Waals surface area (Å²) in [6, 6.07) is 5.46. The van der Waals surface area contributed by atoms with Crippen LogP contribution in [0.3, 0.4) is 0 Å². The first kappa shape index (κ1) is 10.6. The van der Waals surface area contributed by atoms with Crippen LogP contribution in [0.25, 0.3) is 5.65 Å². The molecule has 0 unspecified atom stereocenters. The number of hydrogen-bond acceptors (Lipinski definition) is 3. The highest BCUT2D eigenvalue weighted by molar-refractivity contribution is 9.10. The number of carbonyl (C=O) groups excluding carboxylic acids is 1. The Labute approximate surface area is 99.8 Å². The quantitative estimate of drug-likeness (QED) is 0.913. The Morgan fingerprint density at radius 1 is 1.56 bits per heavy atom. The van der Waals surface area contributed by atoms with Crippen LogP contribution in [0.2, 0.25) is 0 Å². The van der Waals surface area contributed by atoms with Gasteiger partial charge in [0.05, 0.1) is 12.3 Å². The largest absolute Gasteiger partial charge is 0.308 e. The van der Waals surface area contributed by atoms with Crippen molar-refractivity contribution in [1.29, 1.82) is 5.26 Å². The summed E-state index contributed by atoms with van der Waals surface area (Å²) in [5.41, 5.74) is 0.732. The van der Waals surface area contributed by atoms with E-state index in [1.54, 1.807) is 16.7 Å². The lowest BCUT2D eigenvalue weighted by Crippen LogP contribution is -2.10. The van der Waals surface area contributed by atoms with Crippen LogP contribution < -0.4 is 5.32 Å². The van der Waals surface area contributed by atoms with Crippen LogP contribution in [0.5, 0.6) is 0 Å². The van der Waals surface area contributed by atoms with Crippen LogP contribution in [0.1, 0.15) is 6.42 Å². The Bertz CT molecular complexity index is 584. The Morgan fingerprint density at radius 3 is 3.12 bits per heavy atom. The summed E-state index contributed by atoms with van der Waals surface area (Å²) in [6.07, 6.45) is 3.36. The van der Waals surface area contributed by atoms with Gasteiger partial charge >= 0.3 is 0 Å². The highest BCUT2D eigenvalue weighted by atomic mass is 79.9. The van der Waals surface area contributed by atoms with Gasteiger partial charge in [-0.25, -0.2) is 4.98 Å². The van der Waals surface area contributed by atoms with Gasteiger partial charge in [0, 0.05) is 10.7 Å². The number of rotatable bonds is 2. The highest BCUT2D eigenvalue weighted by Crippen LogP contribution is 2.14. The summed E-state index contributed by atoms with van der Waals surface area (Å²) in [5, 5.41) is 10.9. The van der Waals surface area contributed by atoms with Gasteiger partial charge in [-0.1, -0.05) is 0 Å². The van der Waals surface area contributed by atoms with Crippen LogP contribution >= 0.6 is 15.9 Å². The molecule has 0 spiro atoms. The zero-order valence-electron chi connectivity index (χ0n) is 8.14. The number of nitrogens with zero attached hydrogens (tertiary/aromatic N) is 3. The van der Waals surface area contributed by atoms with E-state index in [0.29, 0.717) is 5.82 Å². The molecule has 0 aliphatic rings. The number of anilines is 1. The van der Waals surface area contributed by atoms with Gasteiger partial charge < -0.3 is 9.72 Å². The standard InChI is InChI=1S/C10H7BrN4O/c11-7-1-2-9-13-8(6-15(9)5-7)14-10(16)3-4-12/h1-2,5-6H,3H2,(H,14,16). The Morgan fingerprint density at radius 2 is 2.38 bits per heavy atom. The van der Waals surface area contributed by atoms with Crippen molar-refractivity contribution in [2.75, 3.05) is 5.32 Å². The molecule has 5 nitrogen and oxygen atoms in total. The first-order valence-corrected chi connectivity index (χ1v) is 5.29. The van der Waals surface area contributed by atoms with E-state index in [4.69, 9.17) is 5.26 Å². The molecule has 0 fully saturated rings. The van der Waals surface area contributed by atoms with Gasteiger partial charge in [-0.05, 0) is 28.1 Å². The van der Waals surface area contributed by atoms with Gasteiger partial charge in [0.25, 0.3) is 0 Å². The van der Waals surface area contributed by atoms with Crippen molar-refractivity contribution < 1.29 is 4.79 Å². The molecular weight excluding hydrogens is 272 g/mol. The fourth-order valence-electron chi connectivity index (χ4n) is 1.28. The minimum absolute atomic E-state index is 0.169. The fourth-order valence-corrected chi connectivity index (χ4v) is 1.64. The first-order valence-electron chi connectivity index (χ1n) is 4.50. The molecule has 1 N–H and O–H groups in total. The number of hydrogen-bond donors (Lipinski definition) is 1. The predicted molar refractivity (Wildman–Crippen MR) is 61.8 cm³/mol. The van der Waals surface area contributed by atoms with E-state index >= 15 is 0 Å². The second-order valence-electron chi connectivity index (χ2n) is 3.12. The van der Waals surface area contributed by atoms with Crippen LogP contribution in [0, 0.1) is 11.3 Å². The number of pyridine rings is 1. The highest BCUT2D eigenvalue weighted by Gasteiger charge is 2.05. The molecule has 2 heterocycles. The molecular formula is C10H7BrN4O. The van der Waals surface area contributed by atoms with Crippen LogP contribution in [0.15, 0.2) is 29.0 Å². The van der Waals surface area contributed by atoms with E-state index in [-0.39, 0.29) is 12.3 Å². The van der Waals surface area contributed by atoms with Crippen LogP contribution in [-0.4, -0.2) is 15.3 Å². The molecule has 2 aromatic heterocycles. The van der Waals surface area contributed by atoms with E-state index in [1.807, 2.05) is 18.3 Å². The molecule has 2 rings (SSSR count). The first-order chi connectivity index (χ1) is 7.69. The predicted octanol–water partition coefficient (Wildman–Crippen LogP) is 1.95. The number of fused-ring (bicyclic) bond motifs is 1. The summed E-state index contributed by atoms with van der Waals surface area (Å²) in [5.74, 6) is 0.0864. The fraction of sp³-hybridized carbons (Fsp3) is 0.100. The minimum Gasteiger partial charge on any atom is -0.308 e. The number of amides is 1. The van der Waals surface area contributed by atoms with E-state index < -0.39 is 0 Å². The van der Waals surface area contributed by atoms with E-state index in [0.717, 1.165) is 10.1 Å². The smallest absolute Gasteiger partial charge is 0.239 e. The van der Waals surface area contributed by atoms with Crippen molar-refractivity contribution >= 4 is 33.3 Å². The maximum Gasteiger partial charge on any atom is 0.239 e. The van der Waals surface area contributed by atoms with Crippen molar-refractivity contribution in [3.63, 3.8) is 0 Å². The van der Waals surface area contributed by atoms with E-state index in [2.05, 4.69) is 26.2 Å². The van der Waals surface area contributed by atoms with Crippen LogP contribution in [0.4, 0.5) is 5.82 Å². The lowest BCUT2D eigenvalue weighted by Gasteiger charge is -1.94. The number of imidazole rings is 1. The number of nitrogens with one attached hydrogen (secondary N) is 1. The Balaban J connectivity index is 2.27. The summed E-state index contributed by atoms with van der Waals surface area (Å²) >= 11 is 3.34. The molecule has 0 radical (unpaired) electrons. The van der Waals surface area contributed by atoms with Gasteiger partial charge in [-0.15, -0.1) is 0 Å². The molecule has 0 saturated heterocycles. The van der Waals surface area contributed by atoms with Crippen molar-refractivity contribution in [3.05, 3.63) is 29.0 Å². The second kappa shape index (κ2) is 4.33. The summed E-state index contributed by atoms with van der Waals surface area (Å²) in [7, 11) is 0. The molecule has 80 valence electrons. The van der Waals surface area contributed by atoms with Gasteiger partial charge in [-0.2, -0.15) is 5.26 Å². The molecule has 0 aliphatic carbocycles. The third kappa shape index (κ3) is 2.20. The van der Waals surface area contributed by atoms with Crippen molar-refractivity contribution in [3.8, 4) is 6.07 Å². The Kier molecular flexibility index (Phi) is 2.88. The number of carbonyl (C=O) groups is 1. The number of aromatic nitrogens is 2. The molecule has 16 heavy (non-hydrogen) atoms. The molecule has 2 aromatic rings. The summed E-state index contributed by atoms with van der Waals surface area (Å²) < 4.78 is 2.71. The van der Waals surface area contributed by atoms with Crippen molar-refractivity contribution in [2.45, 2.75) is 6.42 Å². The van der Waals surface area contributed by atoms with Gasteiger partial charge in [0.2, 0.25) is 5.91 Å². The van der Waals surface area contributed by atoms with Gasteiger partial charge in [0.15, 0.2) is 5.82 Å². The van der Waals surface area contributed by atoms with Crippen LogP contribution in [-0.2, 0) is 4.79 Å². The zero-order chi connectivity index (χ0) is 11.5. The molecule has 0 bridgehead atoms. The molecule has 0 aromatic carbocycles. The maximum absolute atomic E-state index is 11.2. The van der Waals surface area contributed by atoms with Crippen molar-refractivity contribution in [2.24, 2.45) is 0 Å². The van der Waals surface area contributed by atoms with E-state index in [1.165, 1.54) is 0 Å². The SMILES string of the molecule is N#CCC(=O)Nc1cn2cc(Br)ccc2n1. The average molecular weight is 279 g/mol. The molecule has 0 saturated carbocycles. The Hall–Kier alpha value is -1.87. The monoisotopic (exact) mass is 278 g/mol. The molecule has 0 aliphatic heterocycles. The van der Waals surface area contributed by atoms with Gasteiger partial charge in [-0.3, -0.25) is 4.79 Å². The number of nitriles is 1. The minimum atomic E-state index is -0.357. The number of halogens is 1. The molecule has 6 heteroatoms. The average Bonchev–Trinajstić information content (AvgIpc) is 2.59. The van der Waals surface area contributed by atoms with Gasteiger partial charge in [0.1, 0.15) is 12.1 Å². The molecule has 0 atom stereocenters. The topological polar surface area (TPSA) is 70.2 Å². The lowest BCUT2D eigenvalue weighted by atomic mass is 10.4. The summed E-state index contributed by atoms with van der Waals surface area (Å²) in [6.45, 7) is 0. The second-order valence-corrected chi connectivity index (χ2v) is 4.04. The summed E-state index contributed by atoms with van der Waals surface area (Å²) in [4.78, 5) is 15.3. The zero-order valence-corrected chi connectivity index (χ0v) is 9.73. The third-order valence-corrected chi connectivity index (χ3v) is 2.39. The maximum atomic E-state index is 11.2. The lowest BCUT2D eigenvalue weighted by molar-refractivity contribution is -0.115. The third-order valence-electron chi connectivity index (χ3n) is 1.92. The normalized spacial score (nSPS) is 10.0. The van der Waals surface area contributed by atoms with Crippen molar-refractivity contribution in [1.82, 2.24) is 9.38 Å². The van der Waals surface area contributed by atoms with E-state index in [9.17, 15) is 4.79 Å².